The number of aliphatic imine (C=N–C) groups is 2. The summed E-state index contributed by atoms with van der Waals surface area (Å²) in [5.41, 5.74) is 6.43. The van der Waals surface area contributed by atoms with Crippen LogP contribution in [0.2, 0.25) is 0 Å². The predicted octanol–water partition coefficient (Wildman–Crippen LogP) is 4.34. The fraction of sp³-hybridized carbons (Fsp3) is 0.515. The smallest absolute Gasteiger partial charge is 0.216 e. The van der Waals surface area contributed by atoms with Crippen LogP contribution in [0.3, 0.4) is 0 Å². The maximum Gasteiger partial charge on any atom is 0.216 e. The van der Waals surface area contributed by atoms with Gasteiger partial charge in [0, 0.05) is 30.1 Å². The van der Waals surface area contributed by atoms with Crippen LogP contribution in [0.25, 0.3) is 5.69 Å². The van der Waals surface area contributed by atoms with Crippen molar-refractivity contribution in [2.45, 2.75) is 77.2 Å². The Morgan fingerprint density at radius 1 is 1.14 bits per heavy atom. The second-order valence-electron chi connectivity index (χ2n) is 12.3. The third kappa shape index (κ3) is 6.04. The monoisotopic (exact) mass is 570 g/mol. The molecule has 0 radical (unpaired) electrons. The van der Waals surface area contributed by atoms with Crippen LogP contribution < -0.4 is 4.74 Å². The molecule has 3 aliphatic heterocycles. The first kappa shape index (κ1) is 28.7. The summed E-state index contributed by atoms with van der Waals surface area (Å²) in [5.74, 6) is 1.06. The fourth-order valence-corrected chi connectivity index (χ4v) is 6.71. The lowest BCUT2D eigenvalue weighted by atomic mass is 9.81. The van der Waals surface area contributed by atoms with Gasteiger partial charge in [-0.1, -0.05) is 30.3 Å². The minimum absolute atomic E-state index is 0.0818. The van der Waals surface area contributed by atoms with Crippen molar-refractivity contribution in [1.82, 2.24) is 19.7 Å². The van der Waals surface area contributed by atoms with E-state index in [9.17, 15) is 5.11 Å². The molecule has 0 saturated carbocycles. The summed E-state index contributed by atoms with van der Waals surface area (Å²) < 4.78 is 13.2. The Kier molecular flexibility index (Phi) is 8.25. The lowest BCUT2D eigenvalue weighted by molar-refractivity contribution is -0.0530. The van der Waals surface area contributed by atoms with E-state index in [2.05, 4.69) is 40.2 Å². The molecule has 2 aromatic heterocycles. The molecule has 1 fully saturated rings. The fourth-order valence-electron chi connectivity index (χ4n) is 6.71. The van der Waals surface area contributed by atoms with Crippen LogP contribution in [0.15, 0.2) is 52.6 Å². The lowest BCUT2D eigenvalue weighted by Gasteiger charge is -2.45. The molecule has 0 amide bonds. The number of hydrogen-bond acceptors (Lipinski definition) is 8. The van der Waals surface area contributed by atoms with Crippen molar-refractivity contribution in [2.75, 3.05) is 26.9 Å². The highest BCUT2D eigenvalue weighted by atomic mass is 16.5. The number of ether oxygens (including phenoxy) is 2. The molecule has 42 heavy (non-hydrogen) atoms. The molecule has 3 aromatic rings. The third-order valence-corrected chi connectivity index (χ3v) is 8.83. The van der Waals surface area contributed by atoms with Gasteiger partial charge in [-0.2, -0.15) is 5.10 Å². The van der Waals surface area contributed by atoms with Crippen LogP contribution in [0.4, 0.5) is 0 Å². The Hall–Kier alpha value is -3.40. The van der Waals surface area contributed by atoms with Gasteiger partial charge in [0.2, 0.25) is 5.88 Å². The molecule has 0 spiro atoms. The van der Waals surface area contributed by atoms with Crippen molar-refractivity contribution in [2.24, 2.45) is 15.9 Å². The number of benzene rings is 1. The van der Waals surface area contributed by atoms with E-state index < -0.39 is 5.60 Å². The third-order valence-electron chi connectivity index (χ3n) is 8.83. The number of rotatable bonds is 8. The number of aryl methyl sites for hydroxylation is 1. The van der Waals surface area contributed by atoms with Crippen molar-refractivity contribution in [3.63, 3.8) is 0 Å². The number of pyridine rings is 1. The van der Waals surface area contributed by atoms with Gasteiger partial charge in [-0.25, -0.2) is 9.67 Å². The molecule has 5 heterocycles. The van der Waals surface area contributed by atoms with Gasteiger partial charge in [0.05, 0.1) is 49.7 Å². The van der Waals surface area contributed by atoms with Crippen molar-refractivity contribution >= 4 is 11.9 Å². The lowest BCUT2D eigenvalue weighted by Crippen LogP contribution is -2.53. The average molecular weight is 571 g/mol. The first-order chi connectivity index (χ1) is 20.3. The first-order valence-corrected chi connectivity index (χ1v) is 15.1. The zero-order valence-corrected chi connectivity index (χ0v) is 25.2. The SMILES string of the molecule is COc1ncc(-n2nc(C3=NC(CC4CCN(Cc5ccccc5)C(C(C)(C)O)C4)N=C3)c3c2CCOCC3)cc1C. The van der Waals surface area contributed by atoms with E-state index in [1.807, 2.05) is 43.9 Å². The summed E-state index contributed by atoms with van der Waals surface area (Å²) >= 11 is 0. The molecule has 0 aliphatic carbocycles. The van der Waals surface area contributed by atoms with E-state index in [1.54, 1.807) is 7.11 Å². The van der Waals surface area contributed by atoms with Crippen molar-refractivity contribution in [3.05, 3.63) is 70.7 Å². The number of methoxy groups -OCH3 is 1. The minimum atomic E-state index is -0.790. The van der Waals surface area contributed by atoms with Crippen LogP contribution in [-0.4, -0.2) is 81.4 Å². The van der Waals surface area contributed by atoms with E-state index >= 15 is 0 Å². The Bertz CT molecular complexity index is 1460. The second kappa shape index (κ2) is 12.1. The molecule has 6 rings (SSSR count). The van der Waals surface area contributed by atoms with E-state index in [4.69, 9.17) is 24.6 Å². The van der Waals surface area contributed by atoms with E-state index in [0.717, 1.165) is 73.5 Å². The summed E-state index contributed by atoms with van der Waals surface area (Å²) in [4.78, 5) is 16.9. The Morgan fingerprint density at radius 2 is 1.95 bits per heavy atom. The van der Waals surface area contributed by atoms with Gasteiger partial charge in [0.1, 0.15) is 17.6 Å². The largest absolute Gasteiger partial charge is 0.481 e. The Morgan fingerprint density at radius 3 is 2.71 bits per heavy atom. The van der Waals surface area contributed by atoms with Crippen LogP contribution >= 0.6 is 0 Å². The van der Waals surface area contributed by atoms with Crippen LogP contribution in [0.5, 0.6) is 5.88 Å². The number of nitrogens with zero attached hydrogens (tertiary/aromatic N) is 6. The number of fused-ring (bicyclic) bond motifs is 1. The number of aromatic nitrogens is 3. The highest BCUT2D eigenvalue weighted by molar-refractivity contribution is 6.39. The highest BCUT2D eigenvalue weighted by Crippen LogP contribution is 2.35. The topological polar surface area (TPSA) is 97.4 Å². The summed E-state index contributed by atoms with van der Waals surface area (Å²) in [5, 5.41) is 16.2. The second-order valence-corrected chi connectivity index (χ2v) is 12.3. The number of likely N-dealkylation sites (tertiary alicyclic amines) is 1. The molecule has 222 valence electrons. The summed E-state index contributed by atoms with van der Waals surface area (Å²) in [6.07, 6.45) is 8.03. The number of hydrogen-bond donors (Lipinski definition) is 1. The average Bonchev–Trinajstić information content (AvgIpc) is 3.50. The molecule has 0 bridgehead atoms. The summed E-state index contributed by atoms with van der Waals surface area (Å²) in [7, 11) is 1.64. The van der Waals surface area contributed by atoms with Crippen molar-refractivity contribution in [1.29, 1.82) is 0 Å². The van der Waals surface area contributed by atoms with Crippen molar-refractivity contribution < 1.29 is 14.6 Å². The number of aliphatic hydroxyl groups is 1. The molecule has 1 N–H and O–H groups in total. The summed E-state index contributed by atoms with van der Waals surface area (Å²) in [6, 6.07) is 12.7. The maximum atomic E-state index is 11.1. The van der Waals surface area contributed by atoms with Crippen LogP contribution in [0.1, 0.15) is 61.2 Å². The first-order valence-electron chi connectivity index (χ1n) is 15.1. The zero-order valence-electron chi connectivity index (χ0n) is 25.2. The molecule has 9 nitrogen and oxygen atoms in total. The molecule has 3 atom stereocenters. The summed E-state index contributed by atoms with van der Waals surface area (Å²) in [6.45, 7) is 9.01. The zero-order chi connectivity index (χ0) is 29.3. The van der Waals surface area contributed by atoms with Gasteiger partial charge in [0.25, 0.3) is 0 Å². The van der Waals surface area contributed by atoms with Crippen LogP contribution in [-0.2, 0) is 24.1 Å². The van der Waals surface area contributed by atoms with Gasteiger partial charge in [-0.05, 0) is 70.5 Å². The molecular formula is C33H42N6O3. The van der Waals surface area contributed by atoms with Gasteiger partial charge in [-0.15, -0.1) is 0 Å². The maximum absolute atomic E-state index is 11.1. The van der Waals surface area contributed by atoms with E-state index in [-0.39, 0.29) is 12.2 Å². The van der Waals surface area contributed by atoms with Crippen molar-refractivity contribution in [3.8, 4) is 11.6 Å². The molecule has 1 saturated heterocycles. The predicted molar refractivity (Wildman–Crippen MR) is 164 cm³/mol. The van der Waals surface area contributed by atoms with Crippen LogP contribution in [0, 0.1) is 12.8 Å². The highest BCUT2D eigenvalue weighted by Gasteiger charge is 2.38. The molecular weight excluding hydrogens is 528 g/mol. The molecule has 3 aliphatic rings. The molecule has 1 aromatic carbocycles. The number of piperidine rings is 1. The normalized spacial score (nSPS) is 23.0. The Labute approximate surface area is 248 Å². The molecule has 3 unspecified atom stereocenters. The van der Waals surface area contributed by atoms with Gasteiger partial charge < -0.3 is 14.6 Å². The van der Waals surface area contributed by atoms with Gasteiger partial charge >= 0.3 is 0 Å². The van der Waals surface area contributed by atoms with Gasteiger partial charge in [0.15, 0.2) is 0 Å². The van der Waals surface area contributed by atoms with E-state index in [0.29, 0.717) is 25.0 Å². The van der Waals surface area contributed by atoms with Gasteiger partial charge in [-0.3, -0.25) is 14.9 Å². The van der Waals surface area contributed by atoms with E-state index in [1.165, 1.54) is 11.1 Å². The molecule has 9 heteroatoms. The quantitative estimate of drug-likeness (QED) is 0.433. The standard InChI is InChI=1S/C33H42N6O3/c1-22-16-25(19-35-32(22)41-4)39-28-12-15-42-14-11-26(28)31(37-39)27-20-34-30(36-27)18-24-10-13-38(29(17-24)33(2,3)40)21-23-8-6-5-7-9-23/h5-9,16,19-20,24,29-30,40H,10-15,17-18,21H2,1-4H3. The minimum Gasteiger partial charge on any atom is -0.481 e. The Balaban J connectivity index is 1.20.